The molecule has 1 unspecified atom stereocenters. The molecule has 1 fully saturated rings. The minimum absolute atomic E-state index is 0.182. The van der Waals surface area contributed by atoms with Gasteiger partial charge in [0.1, 0.15) is 21.0 Å². The molecule has 2 aromatic carbocycles. The Hall–Kier alpha value is -3.71. The Labute approximate surface area is 306 Å². The number of hydrogen-bond donors (Lipinski definition) is 2. The first-order valence-electron chi connectivity index (χ1n) is 16.3. The van der Waals surface area contributed by atoms with Gasteiger partial charge in [0.15, 0.2) is 29.4 Å². The monoisotopic (exact) mass is 742 g/mol. The molecular formula is C37H42Cl2N3O7S+. The van der Waals surface area contributed by atoms with Crippen LogP contribution in [0.3, 0.4) is 0 Å². The maximum atomic E-state index is 13.7. The van der Waals surface area contributed by atoms with Gasteiger partial charge in [-0.2, -0.15) is 0 Å². The molecule has 1 aliphatic rings. The Balaban J connectivity index is 1.33. The number of nitrogens with zero attached hydrogens (tertiary/aromatic N) is 1. The summed E-state index contributed by atoms with van der Waals surface area (Å²) in [5.74, 6) is 0.176. The van der Waals surface area contributed by atoms with Crippen LogP contribution in [0.2, 0.25) is 10.0 Å². The number of aromatic nitrogens is 1. The molecule has 3 heterocycles. The maximum absolute atomic E-state index is 13.7. The van der Waals surface area contributed by atoms with Crippen LogP contribution in [0.4, 0.5) is 0 Å². The number of carbonyl (C=O) groups is 2. The van der Waals surface area contributed by atoms with Crippen molar-refractivity contribution in [2.75, 3.05) is 47.6 Å². The van der Waals surface area contributed by atoms with Gasteiger partial charge >= 0.3 is 11.9 Å². The lowest BCUT2D eigenvalue weighted by Gasteiger charge is -2.33. The molecule has 0 amide bonds. The standard InChI is InChI=1S/C37H41Cl2N3O7S/c1-42-15-13-24(14-16-42)22-48-36(45)37(23-43,26-7-5-4-6-8-26)41-19-27-10-12-34(50-27)35(44)49-32(18-28-29(38)20-40-21-30(28)39)25-9-11-31(46-2)33(17-25)47-3/h4-12,17,20-21,24,32,41,43H,13-16,18-19,22-23H2,1-3H3/p+1/t32-,37?/m0/s1. The molecule has 13 heteroatoms. The first-order chi connectivity index (χ1) is 24.2. The number of H-pyrrole nitrogens is 1. The summed E-state index contributed by atoms with van der Waals surface area (Å²) in [6, 6.07) is 17.8. The fourth-order valence-corrected chi connectivity index (χ4v) is 7.28. The Morgan fingerprint density at radius 2 is 1.72 bits per heavy atom. The lowest BCUT2D eigenvalue weighted by molar-refractivity contribution is -0.377. The van der Waals surface area contributed by atoms with Gasteiger partial charge in [-0.25, -0.2) is 14.6 Å². The van der Waals surface area contributed by atoms with Crippen LogP contribution in [0.15, 0.2) is 73.1 Å². The fourth-order valence-electron chi connectivity index (χ4n) is 5.92. The number of pyridine rings is 1. The van der Waals surface area contributed by atoms with Gasteiger partial charge in [0.2, 0.25) is 0 Å². The van der Waals surface area contributed by atoms with Gasteiger partial charge in [-0.3, -0.25) is 5.32 Å². The van der Waals surface area contributed by atoms with E-state index in [1.165, 1.54) is 18.4 Å². The highest BCUT2D eigenvalue weighted by molar-refractivity contribution is 7.13. The predicted octanol–water partition coefficient (Wildman–Crippen LogP) is 5.89. The zero-order valence-electron chi connectivity index (χ0n) is 28.2. The number of nitrogens with one attached hydrogen (secondary N) is 2. The Bertz CT molecular complexity index is 1730. The third-order valence-electron chi connectivity index (χ3n) is 8.98. The molecule has 2 atom stereocenters. The number of carbonyl (C=O) groups excluding carboxylic acids is 2. The summed E-state index contributed by atoms with van der Waals surface area (Å²) in [5.41, 5.74) is 0.353. The molecule has 10 nitrogen and oxygen atoms in total. The number of thiophene rings is 1. The molecule has 0 bridgehead atoms. The number of hydrogen-bond acceptors (Lipinski definition) is 10. The predicted molar refractivity (Wildman–Crippen MR) is 192 cm³/mol. The normalized spacial score (nSPS) is 15.6. The summed E-state index contributed by atoms with van der Waals surface area (Å²) >= 11 is 14.2. The summed E-state index contributed by atoms with van der Waals surface area (Å²) in [5, 5.41) is 14.8. The van der Waals surface area contributed by atoms with Crippen molar-refractivity contribution in [1.82, 2.24) is 10.2 Å². The number of ether oxygens (including phenoxy) is 4. The van der Waals surface area contributed by atoms with Crippen LogP contribution in [-0.2, 0) is 32.8 Å². The minimum atomic E-state index is -1.50. The second kappa shape index (κ2) is 17.5. The first-order valence-corrected chi connectivity index (χ1v) is 17.9. The van der Waals surface area contributed by atoms with Crippen molar-refractivity contribution in [2.24, 2.45) is 5.92 Å². The van der Waals surface area contributed by atoms with E-state index in [9.17, 15) is 14.7 Å². The zero-order chi connectivity index (χ0) is 35.7. The van der Waals surface area contributed by atoms with Gasteiger partial charge in [0.25, 0.3) is 0 Å². The summed E-state index contributed by atoms with van der Waals surface area (Å²) in [7, 11) is 5.16. The van der Waals surface area contributed by atoms with Crippen LogP contribution in [0.25, 0.3) is 0 Å². The van der Waals surface area contributed by atoms with Crippen LogP contribution < -0.4 is 19.8 Å². The van der Waals surface area contributed by atoms with Crippen molar-refractivity contribution in [3.63, 3.8) is 0 Å². The number of aliphatic hydroxyl groups is 1. The summed E-state index contributed by atoms with van der Waals surface area (Å²) in [6.07, 6.45) is 4.54. The van der Waals surface area contributed by atoms with Gasteiger partial charge in [-0.1, -0.05) is 59.6 Å². The Morgan fingerprint density at radius 1 is 1.02 bits per heavy atom. The number of rotatable bonds is 15. The van der Waals surface area contributed by atoms with Crippen LogP contribution in [0.1, 0.15) is 50.2 Å². The highest BCUT2D eigenvalue weighted by Crippen LogP contribution is 2.36. The van der Waals surface area contributed by atoms with Gasteiger partial charge in [0, 0.05) is 23.4 Å². The maximum Gasteiger partial charge on any atom is 0.348 e. The average molecular weight is 744 g/mol. The smallest absolute Gasteiger partial charge is 0.348 e. The summed E-state index contributed by atoms with van der Waals surface area (Å²) in [4.78, 5) is 33.6. The number of halogens is 2. The average Bonchev–Trinajstić information content (AvgIpc) is 3.62. The lowest BCUT2D eigenvalue weighted by atomic mass is 9.90. The van der Waals surface area contributed by atoms with E-state index in [0.717, 1.165) is 30.8 Å². The Morgan fingerprint density at radius 3 is 2.38 bits per heavy atom. The van der Waals surface area contributed by atoms with Crippen molar-refractivity contribution in [2.45, 2.75) is 37.5 Å². The van der Waals surface area contributed by atoms with E-state index < -0.39 is 30.2 Å². The van der Waals surface area contributed by atoms with E-state index in [-0.39, 0.29) is 25.5 Å². The number of aromatic amines is 1. The highest BCUT2D eigenvalue weighted by atomic mass is 35.5. The van der Waals surface area contributed by atoms with E-state index in [4.69, 9.17) is 42.1 Å². The van der Waals surface area contributed by atoms with Crippen LogP contribution in [-0.4, -0.2) is 69.5 Å². The van der Waals surface area contributed by atoms with Crippen molar-refractivity contribution in [1.29, 1.82) is 0 Å². The van der Waals surface area contributed by atoms with E-state index in [2.05, 4.69) is 22.2 Å². The van der Waals surface area contributed by atoms with Gasteiger partial charge in [-0.15, -0.1) is 11.3 Å². The molecule has 0 saturated carbocycles. The molecule has 266 valence electrons. The van der Waals surface area contributed by atoms with E-state index >= 15 is 0 Å². The second-order valence-corrected chi connectivity index (χ2v) is 14.2. The third-order valence-corrected chi connectivity index (χ3v) is 10.7. The molecule has 5 rings (SSSR count). The topological polar surface area (TPSA) is 121 Å². The second-order valence-electron chi connectivity index (χ2n) is 12.2. The zero-order valence-corrected chi connectivity index (χ0v) is 30.6. The number of esters is 2. The molecule has 0 spiro atoms. The SMILES string of the molecule is COc1ccc([C@H](Cc2c(Cl)c[nH+]cc2Cl)OC(=O)c2ccc(CNC(CO)(C(=O)OCC3CCN(C)CC3)c3ccccc3)s2)cc1OC. The largest absolute Gasteiger partial charge is 0.493 e. The lowest BCUT2D eigenvalue weighted by Crippen LogP contribution is -2.53. The number of aliphatic hydroxyl groups excluding tert-OH is 1. The molecule has 0 aliphatic carbocycles. The van der Waals surface area contributed by atoms with Crippen LogP contribution >= 0.6 is 34.5 Å². The molecular weight excluding hydrogens is 701 g/mol. The van der Waals surface area contributed by atoms with Crippen molar-refractivity contribution >= 4 is 46.5 Å². The number of piperidine rings is 1. The molecule has 50 heavy (non-hydrogen) atoms. The van der Waals surface area contributed by atoms with Crippen molar-refractivity contribution in [3.8, 4) is 11.5 Å². The van der Waals surface area contributed by atoms with Gasteiger partial charge in [0.05, 0.1) is 27.4 Å². The van der Waals surface area contributed by atoms with Gasteiger partial charge in [-0.05, 0) is 74.3 Å². The van der Waals surface area contributed by atoms with E-state index in [0.29, 0.717) is 43.1 Å². The van der Waals surface area contributed by atoms with Crippen molar-refractivity contribution in [3.05, 3.63) is 110 Å². The molecule has 1 aliphatic heterocycles. The van der Waals surface area contributed by atoms with E-state index in [1.54, 1.807) is 62.0 Å². The van der Waals surface area contributed by atoms with E-state index in [1.807, 2.05) is 18.2 Å². The molecule has 2 aromatic heterocycles. The number of likely N-dealkylation sites (tertiary alicyclic amines) is 1. The quantitative estimate of drug-likeness (QED) is 0.144. The molecule has 1 saturated heterocycles. The van der Waals surface area contributed by atoms with Crippen molar-refractivity contribution < 1.29 is 38.6 Å². The molecule has 3 N–H and O–H groups in total. The van der Waals surface area contributed by atoms with Crippen LogP contribution in [0.5, 0.6) is 11.5 Å². The minimum Gasteiger partial charge on any atom is -0.493 e. The first kappa shape index (κ1) is 37.5. The van der Waals surface area contributed by atoms with Gasteiger partial charge < -0.3 is 29.0 Å². The number of methoxy groups -OCH3 is 2. The molecule has 4 aromatic rings. The summed E-state index contributed by atoms with van der Waals surface area (Å²) < 4.78 is 22.9. The summed E-state index contributed by atoms with van der Waals surface area (Å²) in [6.45, 7) is 1.86. The number of benzene rings is 2. The highest BCUT2D eigenvalue weighted by Gasteiger charge is 2.41. The van der Waals surface area contributed by atoms with Crippen LogP contribution in [0, 0.1) is 5.92 Å². The fraction of sp³-hybridized carbons (Fsp3) is 0.378. The Kier molecular flexibility index (Phi) is 13.1. The molecule has 0 radical (unpaired) electrons. The third kappa shape index (κ3) is 8.95.